The number of halogens is 1. The molecule has 3 unspecified atom stereocenters. The van der Waals surface area contributed by atoms with Crippen molar-refractivity contribution >= 4 is 47.2 Å². The van der Waals surface area contributed by atoms with E-state index in [1.165, 1.54) is 22.5 Å². The van der Waals surface area contributed by atoms with Crippen molar-refractivity contribution in [3.63, 3.8) is 0 Å². The number of carbonyl (C=O) groups is 1. The van der Waals surface area contributed by atoms with Crippen LogP contribution in [-0.4, -0.2) is 36.1 Å². The predicted octanol–water partition coefficient (Wildman–Crippen LogP) is 4.73. The number of aromatic nitrogens is 1. The molecule has 1 fully saturated rings. The fourth-order valence-electron chi connectivity index (χ4n) is 3.42. The molecule has 0 bridgehead atoms. The Labute approximate surface area is 200 Å². The third kappa shape index (κ3) is 5.94. The van der Waals surface area contributed by atoms with E-state index in [0.717, 1.165) is 17.4 Å². The van der Waals surface area contributed by atoms with Crippen LogP contribution in [0.25, 0.3) is 0 Å². The number of nitrogens with zero attached hydrogens (tertiary/aromatic N) is 2. The number of esters is 1. The topological polar surface area (TPSA) is 75.6 Å². The Morgan fingerprint density at radius 3 is 2.73 bits per heavy atom. The summed E-state index contributed by atoms with van der Waals surface area (Å²) in [4.78, 5) is 21.8. The fraction of sp³-hybridized carbons (Fsp3) is 0.500. The van der Waals surface area contributed by atoms with Gasteiger partial charge in [-0.05, 0) is 52.2 Å². The summed E-state index contributed by atoms with van der Waals surface area (Å²) < 4.78 is 5.12. The van der Waals surface area contributed by atoms with E-state index in [1.54, 1.807) is 6.92 Å². The number of thiazole rings is 1. The van der Waals surface area contributed by atoms with Gasteiger partial charge in [-0.25, -0.2) is 9.78 Å². The number of nitrogens with one attached hydrogen (secondary N) is 2. The molecule has 0 aliphatic heterocycles. The van der Waals surface area contributed by atoms with Crippen LogP contribution in [0.2, 0.25) is 0 Å². The highest BCUT2D eigenvalue weighted by Gasteiger charge is 2.39. The third-order valence-electron chi connectivity index (χ3n) is 5.01. The fourth-order valence-corrected chi connectivity index (χ4v) is 4.39. The highest BCUT2D eigenvalue weighted by atomic mass is 127. The lowest BCUT2D eigenvalue weighted by Gasteiger charge is -2.17. The number of carbonyl (C=O) groups excluding carboxylic acids is 1. The van der Waals surface area contributed by atoms with E-state index >= 15 is 0 Å². The Morgan fingerprint density at radius 1 is 1.33 bits per heavy atom. The highest BCUT2D eigenvalue weighted by Crippen LogP contribution is 2.42. The molecule has 8 heteroatoms. The number of rotatable bonds is 7. The standard InChI is InChI=1S/C22H30N4O2S.HI/c1-6-23-22(26-18-12-17(18)16-11-9-8-10-13(16)3)25-15(5)20-24-14(4)19(29-20)21(27)28-7-2;/h8-11,15,17-18H,6-7,12H2,1-5H3,(H2,23,25,26);1H. The average molecular weight is 542 g/mol. The lowest BCUT2D eigenvalue weighted by molar-refractivity contribution is 0.0531. The van der Waals surface area contributed by atoms with Crippen molar-refractivity contribution in [2.24, 2.45) is 4.99 Å². The zero-order valence-electron chi connectivity index (χ0n) is 18.2. The van der Waals surface area contributed by atoms with Gasteiger partial charge in [-0.3, -0.25) is 4.99 Å². The van der Waals surface area contributed by atoms with E-state index in [-0.39, 0.29) is 36.0 Å². The second kappa shape index (κ2) is 11.1. The van der Waals surface area contributed by atoms with Gasteiger partial charge in [0.25, 0.3) is 0 Å². The zero-order chi connectivity index (χ0) is 21.0. The molecular formula is C22H31IN4O2S. The lowest BCUT2D eigenvalue weighted by Crippen LogP contribution is -2.40. The minimum atomic E-state index is -0.305. The molecule has 0 saturated heterocycles. The molecule has 0 spiro atoms. The van der Waals surface area contributed by atoms with Gasteiger partial charge in [-0.15, -0.1) is 35.3 Å². The molecule has 0 amide bonds. The average Bonchev–Trinajstić information content (AvgIpc) is 3.32. The minimum absolute atomic E-state index is 0. The largest absolute Gasteiger partial charge is 0.462 e. The quantitative estimate of drug-likeness (QED) is 0.229. The van der Waals surface area contributed by atoms with Crippen LogP contribution in [0.4, 0.5) is 0 Å². The maximum Gasteiger partial charge on any atom is 0.350 e. The SMILES string of the molecule is CCN=C(NC(C)c1nc(C)c(C(=O)OCC)s1)NC1CC1c1ccccc1C.I. The Bertz CT molecular complexity index is 899. The van der Waals surface area contributed by atoms with E-state index < -0.39 is 0 Å². The van der Waals surface area contributed by atoms with Gasteiger partial charge in [-0.1, -0.05) is 24.3 Å². The van der Waals surface area contributed by atoms with Gasteiger partial charge in [0.15, 0.2) is 5.96 Å². The molecule has 30 heavy (non-hydrogen) atoms. The summed E-state index contributed by atoms with van der Waals surface area (Å²) >= 11 is 1.38. The second-order valence-electron chi connectivity index (χ2n) is 7.33. The van der Waals surface area contributed by atoms with E-state index in [1.807, 2.05) is 20.8 Å². The van der Waals surface area contributed by atoms with Gasteiger partial charge in [0.05, 0.1) is 18.3 Å². The summed E-state index contributed by atoms with van der Waals surface area (Å²) in [5.74, 6) is 1.00. The predicted molar refractivity (Wildman–Crippen MR) is 133 cm³/mol. The summed E-state index contributed by atoms with van der Waals surface area (Å²) in [6.45, 7) is 10.9. The molecule has 2 N–H and O–H groups in total. The molecule has 1 saturated carbocycles. The first-order valence-corrected chi connectivity index (χ1v) is 11.0. The van der Waals surface area contributed by atoms with Crippen LogP contribution in [0, 0.1) is 13.8 Å². The molecule has 3 atom stereocenters. The number of aliphatic imine (C=N–C) groups is 1. The van der Waals surface area contributed by atoms with Crippen LogP contribution in [0.3, 0.4) is 0 Å². The third-order valence-corrected chi connectivity index (χ3v) is 6.33. The van der Waals surface area contributed by atoms with Gasteiger partial charge in [0, 0.05) is 18.5 Å². The molecule has 1 aromatic heterocycles. The zero-order valence-corrected chi connectivity index (χ0v) is 21.3. The van der Waals surface area contributed by atoms with Crippen molar-refractivity contribution in [3.05, 3.63) is 51.0 Å². The van der Waals surface area contributed by atoms with Crippen molar-refractivity contribution in [3.8, 4) is 0 Å². The van der Waals surface area contributed by atoms with Crippen LogP contribution in [0.5, 0.6) is 0 Å². The summed E-state index contributed by atoms with van der Waals surface area (Å²) in [7, 11) is 0. The maximum absolute atomic E-state index is 12.1. The second-order valence-corrected chi connectivity index (χ2v) is 8.36. The Morgan fingerprint density at radius 2 is 2.07 bits per heavy atom. The summed E-state index contributed by atoms with van der Waals surface area (Å²) in [5.41, 5.74) is 3.45. The van der Waals surface area contributed by atoms with E-state index in [9.17, 15) is 4.79 Å². The van der Waals surface area contributed by atoms with Crippen LogP contribution in [-0.2, 0) is 4.74 Å². The van der Waals surface area contributed by atoms with Crippen LogP contribution >= 0.6 is 35.3 Å². The van der Waals surface area contributed by atoms with Crippen LogP contribution in [0.1, 0.15) is 70.7 Å². The minimum Gasteiger partial charge on any atom is -0.462 e. The van der Waals surface area contributed by atoms with Crippen molar-refractivity contribution < 1.29 is 9.53 Å². The van der Waals surface area contributed by atoms with E-state index in [0.29, 0.717) is 35.7 Å². The van der Waals surface area contributed by atoms with Gasteiger partial charge in [0.2, 0.25) is 0 Å². The number of guanidine groups is 1. The van der Waals surface area contributed by atoms with Crippen LogP contribution in [0.15, 0.2) is 29.3 Å². The molecule has 1 aliphatic rings. The van der Waals surface area contributed by atoms with Crippen molar-refractivity contribution in [1.82, 2.24) is 15.6 Å². The Balaban J connectivity index is 0.00000320. The first-order chi connectivity index (χ1) is 13.9. The molecule has 1 aromatic carbocycles. The molecule has 1 aliphatic carbocycles. The van der Waals surface area contributed by atoms with Crippen molar-refractivity contribution in [2.45, 2.75) is 59.0 Å². The monoisotopic (exact) mass is 542 g/mol. The number of hydrogen-bond acceptors (Lipinski definition) is 5. The Hall–Kier alpha value is -1.68. The molecule has 164 valence electrons. The highest BCUT2D eigenvalue weighted by molar-refractivity contribution is 14.0. The number of hydrogen-bond donors (Lipinski definition) is 2. The van der Waals surface area contributed by atoms with Gasteiger partial charge < -0.3 is 15.4 Å². The van der Waals surface area contributed by atoms with Crippen LogP contribution < -0.4 is 10.6 Å². The van der Waals surface area contributed by atoms with Crippen molar-refractivity contribution in [1.29, 1.82) is 0 Å². The lowest BCUT2D eigenvalue weighted by atomic mass is 10.0. The first-order valence-electron chi connectivity index (χ1n) is 10.2. The Kier molecular flexibility index (Phi) is 9.09. The molecule has 1 heterocycles. The summed E-state index contributed by atoms with van der Waals surface area (Å²) in [5, 5.41) is 7.84. The van der Waals surface area contributed by atoms with E-state index in [2.05, 4.69) is 51.8 Å². The maximum atomic E-state index is 12.1. The van der Waals surface area contributed by atoms with Gasteiger partial charge >= 0.3 is 5.97 Å². The number of ether oxygens (including phenoxy) is 1. The summed E-state index contributed by atoms with van der Waals surface area (Å²) in [6.07, 6.45) is 1.10. The van der Waals surface area contributed by atoms with E-state index in [4.69, 9.17) is 4.74 Å². The first kappa shape index (κ1) is 24.6. The smallest absolute Gasteiger partial charge is 0.350 e. The molecule has 3 rings (SSSR count). The molecular weight excluding hydrogens is 511 g/mol. The van der Waals surface area contributed by atoms with Gasteiger partial charge in [0.1, 0.15) is 9.88 Å². The number of aryl methyl sites for hydroxylation is 2. The molecule has 6 nitrogen and oxygen atoms in total. The number of benzene rings is 1. The molecule has 0 radical (unpaired) electrons. The van der Waals surface area contributed by atoms with Crippen molar-refractivity contribution in [2.75, 3.05) is 13.2 Å². The summed E-state index contributed by atoms with van der Waals surface area (Å²) in [6, 6.07) is 8.88. The van der Waals surface area contributed by atoms with Gasteiger partial charge in [-0.2, -0.15) is 0 Å². The molecule has 2 aromatic rings. The normalized spacial score (nSPS) is 18.9.